The van der Waals surface area contributed by atoms with Crippen molar-refractivity contribution in [2.75, 3.05) is 18.1 Å². The zero-order valence-corrected chi connectivity index (χ0v) is 9.68. The molecule has 0 aliphatic heterocycles. The minimum absolute atomic E-state index is 0.309. The van der Waals surface area contributed by atoms with Crippen molar-refractivity contribution < 1.29 is 9.90 Å². The molecule has 0 spiro atoms. The minimum Gasteiger partial charge on any atom is -0.481 e. The number of hydrogen-bond donors (Lipinski definition) is 2. The first-order valence-corrected chi connectivity index (χ1v) is 6.32. The van der Waals surface area contributed by atoms with Gasteiger partial charge in [0.25, 0.3) is 0 Å². The van der Waals surface area contributed by atoms with E-state index in [9.17, 15) is 4.79 Å². The normalized spacial score (nSPS) is 12.7. The van der Waals surface area contributed by atoms with Crippen LogP contribution in [0.15, 0.2) is 0 Å². The molecule has 3 N–H and O–H groups in total. The van der Waals surface area contributed by atoms with Crippen molar-refractivity contribution in [3.8, 4) is 0 Å². The number of carboxylic acid groups (broad SMARTS) is 1. The molecule has 1 unspecified atom stereocenters. The van der Waals surface area contributed by atoms with Gasteiger partial charge in [-0.3, -0.25) is 4.79 Å². The standard InChI is InChI=1S/C10H21NO2S/c1-9(7-11)8-14-6-4-2-3-5-10(12)13/h9H,2-8,11H2,1H3,(H,12,13). The Balaban J connectivity index is 3.02. The molecule has 0 aliphatic carbocycles. The number of thioether (sulfide) groups is 1. The third-order valence-electron chi connectivity index (χ3n) is 1.98. The van der Waals surface area contributed by atoms with Crippen LogP contribution in [0.2, 0.25) is 0 Å². The van der Waals surface area contributed by atoms with Crippen LogP contribution in [0.25, 0.3) is 0 Å². The molecule has 3 nitrogen and oxygen atoms in total. The van der Waals surface area contributed by atoms with Crippen LogP contribution in [0.4, 0.5) is 0 Å². The van der Waals surface area contributed by atoms with Crippen molar-refractivity contribution in [3.05, 3.63) is 0 Å². The van der Waals surface area contributed by atoms with E-state index >= 15 is 0 Å². The molecule has 1 atom stereocenters. The number of rotatable bonds is 9. The number of hydrogen-bond acceptors (Lipinski definition) is 3. The van der Waals surface area contributed by atoms with Crippen molar-refractivity contribution in [2.24, 2.45) is 11.7 Å². The van der Waals surface area contributed by atoms with E-state index in [1.54, 1.807) is 0 Å². The highest BCUT2D eigenvalue weighted by Gasteiger charge is 1.99. The molecule has 84 valence electrons. The largest absolute Gasteiger partial charge is 0.481 e. The van der Waals surface area contributed by atoms with Crippen LogP contribution >= 0.6 is 11.8 Å². The Bertz CT molecular complexity index is 153. The van der Waals surface area contributed by atoms with E-state index in [0.29, 0.717) is 12.3 Å². The highest BCUT2D eigenvalue weighted by Crippen LogP contribution is 2.11. The number of unbranched alkanes of at least 4 members (excludes halogenated alkanes) is 2. The second-order valence-electron chi connectivity index (χ2n) is 3.62. The lowest BCUT2D eigenvalue weighted by atomic mass is 10.2. The molecule has 0 aliphatic rings. The monoisotopic (exact) mass is 219 g/mol. The molecule has 0 saturated heterocycles. The van der Waals surface area contributed by atoms with E-state index in [2.05, 4.69) is 6.92 Å². The van der Waals surface area contributed by atoms with E-state index in [4.69, 9.17) is 10.8 Å². The fourth-order valence-electron chi connectivity index (χ4n) is 1.01. The molecule has 0 aromatic carbocycles. The van der Waals surface area contributed by atoms with E-state index in [-0.39, 0.29) is 0 Å². The Morgan fingerprint density at radius 3 is 2.71 bits per heavy atom. The fourth-order valence-corrected chi connectivity index (χ4v) is 2.12. The maximum Gasteiger partial charge on any atom is 0.303 e. The van der Waals surface area contributed by atoms with E-state index in [1.165, 1.54) is 0 Å². The maximum absolute atomic E-state index is 10.2. The molecule has 0 radical (unpaired) electrons. The fraction of sp³-hybridized carbons (Fsp3) is 0.900. The lowest BCUT2D eigenvalue weighted by molar-refractivity contribution is -0.137. The summed E-state index contributed by atoms with van der Waals surface area (Å²) in [6.45, 7) is 2.91. The smallest absolute Gasteiger partial charge is 0.303 e. The molecule has 0 saturated carbocycles. The van der Waals surface area contributed by atoms with Crippen molar-refractivity contribution in [1.29, 1.82) is 0 Å². The summed E-state index contributed by atoms with van der Waals surface area (Å²) >= 11 is 1.92. The van der Waals surface area contributed by atoms with E-state index in [1.807, 2.05) is 11.8 Å². The molecule has 0 bridgehead atoms. The summed E-state index contributed by atoms with van der Waals surface area (Å²) in [4.78, 5) is 10.2. The van der Waals surface area contributed by atoms with Crippen LogP contribution in [-0.2, 0) is 4.79 Å². The maximum atomic E-state index is 10.2. The van der Waals surface area contributed by atoms with Crippen molar-refractivity contribution >= 4 is 17.7 Å². The molecule has 0 amide bonds. The first kappa shape index (κ1) is 13.8. The van der Waals surface area contributed by atoms with Gasteiger partial charge in [0.1, 0.15) is 0 Å². The number of nitrogens with two attached hydrogens (primary N) is 1. The van der Waals surface area contributed by atoms with Gasteiger partial charge in [-0.05, 0) is 36.8 Å². The topological polar surface area (TPSA) is 63.3 Å². The van der Waals surface area contributed by atoms with Gasteiger partial charge in [-0.1, -0.05) is 13.3 Å². The second-order valence-corrected chi connectivity index (χ2v) is 4.77. The summed E-state index contributed by atoms with van der Waals surface area (Å²) in [5.41, 5.74) is 5.49. The quantitative estimate of drug-likeness (QED) is 0.582. The van der Waals surface area contributed by atoms with Crippen LogP contribution in [-0.4, -0.2) is 29.1 Å². The summed E-state index contributed by atoms with van der Waals surface area (Å²) in [7, 11) is 0. The van der Waals surface area contributed by atoms with Gasteiger partial charge < -0.3 is 10.8 Å². The summed E-state index contributed by atoms with van der Waals surface area (Å²) in [6.07, 6.45) is 3.26. The molecule has 14 heavy (non-hydrogen) atoms. The third kappa shape index (κ3) is 9.86. The van der Waals surface area contributed by atoms with Gasteiger partial charge in [0.2, 0.25) is 0 Å². The Hall–Kier alpha value is -0.220. The Morgan fingerprint density at radius 1 is 1.43 bits per heavy atom. The summed E-state index contributed by atoms with van der Waals surface area (Å²) < 4.78 is 0. The van der Waals surface area contributed by atoms with Gasteiger partial charge in [-0.25, -0.2) is 0 Å². The van der Waals surface area contributed by atoms with Gasteiger partial charge in [0.15, 0.2) is 0 Å². The SMILES string of the molecule is CC(CN)CSCCCCCC(=O)O. The summed E-state index contributed by atoms with van der Waals surface area (Å²) in [6, 6.07) is 0. The van der Waals surface area contributed by atoms with Gasteiger partial charge in [-0.2, -0.15) is 11.8 Å². The highest BCUT2D eigenvalue weighted by molar-refractivity contribution is 7.99. The predicted molar refractivity (Wildman–Crippen MR) is 61.6 cm³/mol. The molecule has 0 fully saturated rings. The van der Waals surface area contributed by atoms with Gasteiger partial charge >= 0.3 is 5.97 Å². The second kappa shape index (κ2) is 9.34. The zero-order chi connectivity index (χ0) is 10.8. The molecular formula is C10H21NO2S. The minimum atomic E-state index is -0.686. The van der Waals surface area contributed by atoms with Crippen LogP contribution in [0.1, 0.15) is 32.6 Å². The number of carboxylic acids is 1. The molecule has 0 rings (SSSR count). The predicted octanol–water partition coefficient (Wildman–Crippen LogP) is 1.96. The molecule has 4 heteroatoms. The van der Waals surface area contributed by atoms with Crippen molar-refractivity contribution in [2.45, 2.75) is 32.6 Å². The van der Waals surface area contributed by atoms with Crippen molar-refractivity contribution in [1.82, 2.24) is 0 Å². The average Bonchev–Trinajstić information content (AvgIpc) is 2.15. The zero-order valence-electron chi connectivity index (χ0n) is 8.87. The molecular weight excluding hydrogens is 198 g/mol. The Morgan fingerprint density at radius 2 is 2.14 bits per heavy atom. The van der Waals surface area contributed by atoms with Gasteiger partial charge in [0.05, 0.1) is 0 Å². The molecule has 0 aromatic rings. The summed E-state index contributed by atoms with van der Waals surface area (Å²) in [5, 5.41) is 8.40. The Kier molecular flexibility index (Phi) is 9.19. The van der Waals surface area contributed by atoms with Crippen LogP contribution in [0.3, 0.4) is 0 Å². The number of aliphatic carboxylic acids is 1. The van der Waals surface area contributed by atoms with E-state index < -0.39 is 5.97 Å². The lowest BCUT2D eigenvalue weighted by Crippen LogP contribution is -2.12. The summed E-state index contributed by atoms with van der Waals surface area (Å²) in [5.74, 6) is 2.16. The first-order chi connectivity index (χ1) is 6.66. The van der Waals surface area contributed by atoms with Crippen LogP contribution in [0, 0.1) is 5.92 Å². The number of carbonyl (C=O) groups is 1. The highest BCUT2D eigenvalue weighted by atomic mass is 32.2. The van der Waals surface area contributed by atoms with Crippen molar-refractivity contribution in [3.63, 3.8) is 0 Å². The lowest BCUT2D eigenvalue weighted by Gasteiger charge is -2.06. The van der Waals surface area contributed by atoms with Crippen LogP contribution in [0.5, 0.6) is 0 Å². The van der Waals surface area contributed by atoms with Gasteiger partial charge in [0, 0.05) is 6.42 Å². The third-order valence-corrected chi connectivity index (χ3v) is 3.37. The van der Waals surface area contributed by atoms with E-state index in [0.717, 1.165) is 37.3 Å². The molecule has 0 heterocycles. The first-order valence-electron chi connectivity index (χ1n) is 5.16. The van der Waals surface area contributed by atoms with Crippen LogP contribution < -0.4 is 5.73 Å². The molecule has 0 aromatic heterocycles. The Labute approximate surface area is 90.4 Å². The van der Waals surface area contributed by atoms with Gasteiger partial charge in [-0.15, -0.1) is 0 Å². The average molecular weight is 219 g/mol.